The zero-order valence-electron chi connectivity index (χ0n) is 15.6. The van der Waals surface area contributed by atoms with Crippen molar-refractivity contribution in [2.45, 2.75) is 84.2 Å². The Morgan fingerprint density at radius 3 is 2.12 bits per heavy atom. The number of hydrogen-bond acceptors (Lipinski definition) is 3. The normalized spacial score (nSPS) is 10.8. The number of rotatable bonds is 15. The van der Waals surface area contributed by atoms with Gasteiger partial charge in [-0.25, -0.2) is 4.79 Å². The van der Waals surface area contributed by atoms with E-state index in [1.807, 2.05) is 12.1 Å². The molecule has 0 unspecified atom stereocenters. The summed E-state index contributed by atoms with van der Waals surface area (Å²) in [5.41, 5.74) is 1.83. The topological polar surface area (TPSA) is 66.8 Å². The van der Waals surface area contributed by atoms with Crippen LogP contribution in [-0.4, -0.2) is 22.8 Å². The summed E-state index contributed by atoms with van der Waals surface area (Å²) in [5.74, 6) is -0.560. The molecule has 142 valence electrons. The summed E-state index contributed by atoms with van der Waals surface area (Å²) in [6.07, 6.45) is 14.2. The molecule has 1 rings (SSSR count). The van der Waals surface area contributed by atoms with Crippen LogP contribution in [0.5, 0.6) is 5.75 Å². The minimum absolute atomic E-state index is 0.138. The number of carbonyl (C=O) groups is 1. The molecule has 0 atom stereocenters. The molecular weight excluding hydrogens is 316 g/mol. The molecule has 4 nitrogen and oxygen atoms in total. The van der Waals surface area contributed by atoms with Crippen molar-refractivity contribution in [3.8, 4) is 5.75 Å². The molecule has 0 spiro atoms. The number of unbranched alkanes of at least 4 members (excludes halogenated alkanes) is 9. The molecule has 0 fully saturated rings. The van der Waals surface area contributed by atoms with Gasteiger partial charge >= 0.3 is 5.97 Å². The van der Waals surface area contributed by atoms with Crippen LogP contribution >= 0.6 is 0 Å². The monoisotopic (exact) mass is 350 g/mol. The van der Waals surface area contributed by atoms with Gasteiger partial charge in [0, 0.05) is 5.56 Å². The second-order valence-corrected chi connectivity index (χ2v) is 6.71. The standard InChI is InChI=1S/C21H34O4/c1-2-3-4-5-6-7-8-9-10-11-12-18-13-14-20(19(15-18)16-22)25-17-21(23)24/h13-15,22H,2-12,16-17H2,1H3,(H,23,24). The maximum atomic E-state index is 10.6. The Balaban J connectivity index is 2.19. The van der Waals surface area contributed by atoms with Gasteiger partial charge in [-0.3, -0.25) is 0 Å². The maximum absolute atomic E-state index is 10.6. The lowest BCUT2D eigenvalue weighted by Crippen LogP contribution is -2.10. The first-order valence-corrected chi connectivity index (χ1v) is 9.74. The zero-order valence-corrected chi connectivity index (χ0v) is 15.6. The highest BCUT2D eigenvalue weighted by Gasteiger charge is 2.07. The maximum Gasteiger partial charge on any atom is 0.341 e. The molecule has 0 aromatic heterocycles. The second kappa shape index (κ2) is 13.7. The summed E-state index contributed by atoms with van der Waals surface area (Å²) in [5, 5.41) is 18.1. The number of carboxylic acids is 1. The van der Waals surface area contributed by atoms with E-state index >= 15 is 0 Å². The molecule has 2 N–H and O–H groups in total. The Hall–Kier alpha value is -1.55. The van der Waals surface area contributed by atoms with Gasteiger partial charge in [0.05, 0.1) is 6.61 Å². The van der Waals surface area contributed by atoms with Crippen molar-refractivity contribution < 1.29 is 19.7 Å². The van der Waals surface area contributed by atoms with Gasteiger partial charge in [0.2, 0.25) is 0 Å². The summed E-state index contributed by atoms with van der Waals surface area (Å²) >= 11 is 0. The summed E-state index contributed by atoms with van der Waals surface area (Å²) < 4.78 is 5.19. The van der Waals surface area contributed by atoms with Crippen LogP contribution < -0.4 is 4.74 Å². The van der Waals surface area contributed by atoms with E-state index in [0.717, 1.165) is 12.8 Å². The molecule has 25 heavy (non-hydrogen) atoms. The zero-order chi connectivity index (χ0) is 18.3. The van der Waals surface area contributed by atoms with E-state index in [0.29, 0.717) is 11.3 Å². The molecule has 0 aliphatic carbocycles. The third-order valence-electron chi connectivity index (χ3n) is 4.47. The largest absolute Gasteiger partial charge is 0.482 e. The summed E-state index contributed by atoms with van der Waals surface area (Å²) in [6, 6.07) is 5.65. The third kappa shape index (κ3) is 10.1. The van der Waals surface area contributed by atoms with E-state index < -0.39 is 5.97 Å². The summed E-state index contributed by atoms with van der Waals surface area (Å²) in [4.78, 5) is 10.6. The first-order chi connectivity index (χ1) is 12.2. The summed E-state index contributed by atoms with van der Waals surface area (Å²) in [7, 11) is 0. The molecule has 0 radical (unpaired) electrons. The Morgan fingerprint density at radius 2 is 1.56 bits per heavy atom. The van der Waals surface area contributed by atoms with Crippen molar-refractivity contribution in [2.24, 2.45) is 0 Å². The second-order valence-electron chi connectivity index (χ2n) is 6.71. The van der Waals surface area contributed by atoms with E-state index in [1.54, 1.807) is 6.07 Å². The molecule has 4 heteroatoms. The van der Waals surface area contributed by atoms with Crippen LogP contribution in [0.4, 0.5) is 0 Å². The number of aliphatic hydroxyl groups excluding tert-OH is 1. The average Bonchev–Trinajstić information content (AvgIpc) is 2.61. The van der Waals surface area contributed by atoms with Crippen molar-refractivity contribution in [3.05, 3.63) is 29.3 Å². The lowest BCUT2D eigenvalue weighted by atomic mass is 10.0. The van der Waals surface area contributed by atoms with Crippen LogP contribution in [0, 0.1) is 0 Å². The van der Waals surface area contributed by atoms with Gasteiger partial charge < -0.3 is 14.9 Å². The smallest absolute Gasteiger partial charge is 0.341 e. The molecule has 0 aliphatic heterocycles. The van der Waals surface area contributed by atoms with E-state index in [1.165, 1.54) is 63.4 Å². The number of benzene rings is 1. The first kappa shape index (κ1) is 21.5. The van der Waals surface area contributed by atoms with Gasteiger partial charge in [0.25, 0.3) is 0 Å². The van der Waals surface area contributed by atoms with Crippen LogP contribution in [0.1, 0.15) is 82.3 Å². The molecule has 1 aromatic rings. The molecule has 0 bridgehead atoms. The van der Waals surface area contributed by atoms with Crippen LogP contribution in [0.25, 0.3) is 0 Å². The van der Waals surface area contributed by atoms with Crippen molar-refractivity contribution in [1.82, 2.24) is 0 Å². The van der Waals surface area contributed by atoms with E-state index in [-0.39, 0.29) is 13.2 Å². The number of carboxylic acid groups (broad SMARTS) is 1. The molecule has 1 aromatic carbocycles. The third-order valence-corrected chi connectivity index (χ3v) is 4.47. The highest BCUT2D eigenvalue weighted by Crippen LogP contribution is 2.22. The molecule has 0 heterocycles. The fourth-order valence-electron chi connectivity index (χ4n) is 3.01. The number of aryl methyl sites for hydroxylation is 1. The van der Waals surface area contributed by atoms with Crippen LogP contribution in [0.2, 0.25) is 0 Å². The van der Waals surface area contributed by atoms with Crippen molar-refractivity contribution >= 4 is 5.97 Å². The predicted molar refractivity (Wildman–Crippen MR) is 101 cm³/mol. The lowest BCUT2D eigenvalue weighted by molar-refractivity contribution is -0.139. The van der Waals surface area contributed by atoms with Gasteiger partial charge in [0.1, 0.15) is 5.75 Å². The Bertz CT molecular complexity index is 485. The summed E-state index contributed by atoms with van der Waals surface area (Å²) in [6.45, 7) is 1.73. The van der Waals surface area contributed by atoms with Gasteiger partial charge in [-0.15, -0.1) is 0 Å². The van der Waals surface area contributed by atoms with Gasteiger partial charge in [0.15, 0.2) is 6.61 Å². The molecular formula is C21H34O4. The number of aliphatic hydroxyl groups is 1. The van der Waals surface area contributed by atoms with E-state index in [9.17, 15) is 9.90 Å². The van der Waals surface area contributed by atoms with Gasteiger partial charge in [-0.2, -0.15) is 0 Å². The highest BCUT2D eigenvalue weighted by molar-refractivity contribution is 5.68. The van der Waals surface area contributed by atoms with Crippen LogP contribution in [0.15, 0.2) is 18.2 Å². The highest BCUT2D eigenvalue weighted by atomic mass is 16.5. The Kier molecular flexibility index (Phi) is 11.8. The number of aliphatic carboxylic acids is 1. The quantitative estimate of drug-likeness (QED) is 0.432. The van der Waals surface area contributed by atoms with E-state index in [4.69, 9.17) is 9.84 Å². The van der Waals surface area contributed by atoms with Gasteiger partial charge in [-0.1, -0.05) is 70.8 Å². The Morgan fingerprint density at radius 1 is 0.960 bits per heavy atom. The predicted octanol–water partition coefficient (Wildman–Crippen LogP) is 5.11. The molecule has 0 saturated heterocycles. The minimum atomic E-state index is -1.02. The van der Waals surface area contributed by atoms with Crippen molar-refractivity contribution in [1.29, 1.82) is 0 Å². The average molecular weight is 350 g/mol. The van der Waals surface area contributed by atoms with Crippen LogP contribution in [0.3, 0.4) is 0 Å². The van der Waals surface area contributed by atoms with Crippen molar-refractivity contribution in [3.63, 3.8) is 0 Å². The van der Waals surface area contributed by atoms with Crippen LogP contribution in [-0.2, 0) is 17.8 Å². The molecule has 0 saturated carbocycles. The molecule has 0 aliphatic rings. The fourth-order valence-corrected chi connectivity index (χ4v) is 3.01. The minimum Gasteiger partial charge on any atom is -0.482 e. The first-order valence-electron chi connectivity index (χ1n) is 9.74. The number of hydrogen-bond donors (Lipinski definition) is 2. The molecule has 0 amide bonds. The fraction of sp³-hybridized carbons (Fsp3) is 0.667. The van der Waals surface area contributed by atoms with Crippen molar-refractivity contribution in [2.75, 3.05) is 6.61 Å². The Labute approximate surface area is 152 Å². The lowest BCUT2D eigenvalue weighted by Gasteiger charge is -2.10. The number of ether oxygens (including phenoxy) is 1. The van der Waals surface area contributed by atoms with Gasteiger partial charge in [-0.05, 0) is 30.5 Å². The van der Waals surface area contributed by atoms with E-state index in [2.05, 4.69) is 6.92 Å². The SMILES string of the molecule is CCCCCCCCCCCCc1ccc(OCC(=O)O)c(CO)c1.